The topological polar surface area (TPSA) is 12.5 Å². The molecule has 0 saturated carbocycles. The Morgan fingerprint density at radius 1 is 1.45 bits per heavy atom. The molecule has 1 saturated heterocycles. The van der Waals surface area contributed by atoms with Gasteiger partial charge in [-0.15, -0.1) is 11.6 Å². The molecule has 0 spiro atoms. The molecule has 0 aliphatic carbocycles. The molecule has 1 fully saturated rings. The van der Waals surface area contributed by atoms with Crippen LogP contribution in [0.25, 0.3) is 0 Å². The van der Waals surface area contributed by atoms with Crippen LogP contribution in [0.4, 0.5) is 0 Å². The highest BCUT2D eigenvalue weighted by atomic mass is 35.5. The summed E-state index contributed by atoms with van der Waals surface area (Å²) in [5, 5.41) is 0.313. The number of rotatable bonds is 3. The van der Waals surface area contributed by atoms with Crippen LogP contribution in [0.3, 0.4) is 0 Å². The van der Waals surface area contributed by atoms with Crippen LogP contribution in [0, 0.1) is 0 Å². The van der Waals surface area contributed by atoms with Crippen LogP contribution in [0.5, 0.6) is 0 Å². The number of morpholine rings is 1. The second kappa shape index (κ2) is 4.96. The molecule has 3 heteroatoms. The molecule has 11 heavy (non-hydrogen) atoms. The number of alkyl halides is 1. The summed E-state index contributed by atoms with van der Waals surface area (Å²) in [5.41, 5.74) is 0. The van der Waals surface area contributed by atoms with Crippen molar-refractivity contribution >= 4 is 11.6 Å². The summed E-state index contributed by atoms with van der Waals surface area (Å²) >= 11 is 6.02. The zero-order valence-corrected chi connectivity index (χ0v) is 7.81. The number of ether oxygens (including phenoxy) is 1. The van der Waals surface area contributed by atoms with E-state index in [-0.39, 0.29) is 0 Å². The minimum atomic E-state index is 0.313. The molecule has 0 aromatic heterocycles. The van der Waals surface area contributed by atoms with Crippen molar-refractivity contribution in [3.63, 3.8) is 0 Å². The molecule has 0 bridgehead atoms. The monoisotopic (exact) mass is 177 g/mol. The van der Waals surface area contributed by atoms with Gasteiger partial charge in [-0.05, 0) is 6.42 Å². The molecule has 0 radical (unpaired) electrons. The summed E-state index contributed by atoms with van der Waals surface area (Å²) in [6.45, 7) is 6.96. The SMILES string of the molecule is CC[C@H](Cl)CN1CCOCC1. The smallest absolute Gasteiger partial charge is 0.0594 e. The van der Waals surface area contributed by atoms with Gasteiger partial charge in [-0.2, -0.15) is 0 Å². The first-order valence-electron chi connectivity index (χ1n) is 4.27. The van der Waals surface area contributed by atoms with Crippen molar-refractivity contribution in [1.82, 2.24) is 4.90 Å². The first kappa shape index (κ1) is 9.30. The molecule has 0 N–H and O–H groups in total. The highest BCUT2D eigenvalue weighted by Gasteiger charge is 2.12. The Hall–Kier alpha value is 0.210. The third kappa shape index (κ3) is 3.41. The van der Waals surface area contributed by atoms with Crippen molar-refractivity contribution in [3.05, 3.63) is 0 Å². The zero-order chi connectivity index (χ0) is 8.10. The van der Waals surface area contributed by atoms with Crippen LogP contribution in [-0.4, -0.2) is 43.1 Å². The van der Waals surface area contributed by atoms with Gasteiger partial charge >= 0.3 is 0 Å². The highest BCUT2D eigenvalue weighted by Crippen LogP contribution is 2.05. The van der Waals surface area contributed by atoms with E-state index in [4.69, 9.17) is 16.3 Å². The summed E-state index contributed by atoms with van der Waals surface area (Å²) in [6.07, 6.45) is 1.05. The Balaban J connectivity index is 2.13. The van der Waals surface area contributed by atoms with Crippen molar-refractivity contribution in [1.29, 1.82) is 0 Å². The fraction of sp³-hybridized carbons (Fsp3) is 1.00. The lowest BCUT2D eigenvalue weighted by molar-refractivity contribution is 0.0378. The molecule has 1 rings (SSSR count). The van der Waals surface area contributed by atoms with Crippen LogP contribution in [0.1, 0.15) is 13.3 Å². The number of halogens is 1. The molecule has 0 unspecified atom stereocenters. The van der Waals surface area contributed by atoms with E-state index in [1.807, 2.05) is 0 Å². The van der Waals surface area contributed by atoms with Gasteiger partial charge in [0.15, 0.2) is 0 Å². The van der Waals surface area contributed by atoms with Crippen molar-refractivity contribution in [3.8, 4) is 0 Å². The summed E-state index contributed by atoms with van der Waals surface area (Å²) in [6, 6.07) is 0. The summed E-state index contributed by atoms with van der Waals surface area (Å²) in [5.74, 6) is 0. The Bertz CT molecular complexity index is 104. The molecule has 0 aromatic carbocycles. The van der Waals surface area contributed by atoms with E-state index < -0.39 is 0 Å². The summed E-state index contributed by atoms with van der Waals surface area (Å²) in [4.78, 5) is 2.37. The molecule has 1 aliphatic rings. The predicted octanol–water partition coefficient (Wildman–Crippen LogP) is 1.34. The quantitative estimate of drug-likeness (QED) is 0.604. The highest BCUT2D eigenvalue weighted by molar-refractivity contribution is 6.20. The standard InChI is InChI=1S/C8H16ClNO/c1-2-8(9)7-10-3-5-11-6-4-10/h8H,2-7H2,1H3/t8-/m0/s1. The van der Waals surface area contributed by atoms with Gasteiger partial charge in [0.2, 0.25) is 0 Å². The van der Waals surface area contributed by atoms with E-state index in [1.54, 1.807) is 0 Å². The molecule has 2 nitrogen and oxygen atoms in total. The Labute approximate surface area is 73.5 Å². The predicted molar refractivity (Wildman–Crippen MR) is 47.2 cm³/mol. The van der Waals surface area contributed by atoms with Gasteiger partial charge in [0.1, 0.15) is 0 Å². The number of nitrogens with zero attached hydrogens (tertiary/aromatic N) is 1. The minimum Gasteiger partial charge on any atom is -0.379 e. The second-order valence-corrected chi connectivity index (χ2v) is 3.54. The lowest BCUT2D eigenvalue weighted by atomic mass is 10.3. The maximum absolute atomic E-state index is 6.02. The van der Waals surface area contributed by atoms with Crippen LogP contribution in [0.15, 0.2) is 0 Å². The zero-order valence-electron chi connectivity index (χ0n) is 7.05. The molecule has 1 atom stereocenters. The summed E-state index contributed by atoms with van der Waals surface area (Å²) in [7, 11) is 0. The first-order valence-corrected chi connectivity index (χ1v) is 4.70. The van der Waals surface area contributed by atoms with Gasteiger partial charge in [-0.25, -0.2) is 0 Å². The third-order valence-electron chi connectivity index (χ3n) is 2.00. The number of hydrogen-bond acceptors (Lipinski definition) is 2. The van der Waals surface area contributed by atoms with Crippen molar-refractivity contribution in [2.24, 2.45) is 0 Å². The molecular weight excluding hydrogens is 162 g/mol. The van der Waals surface area contributed by atoms with Gasteiger partial charge in [-0.1, -0.05) is 6.92 Å². The van der Waals surface area contributed by atoms with Gasteiger partial charge in [0, 0.05) is 25.0 Å². The normalized spacial score (nSPS) is 23.5. The van der Waals surface area contributed by atoms with Crippen molar-refractivity contribution < 1.29 is 4.74 Å². The first-order chi connectivity index (χ1) is 5.33. The molecule has 1 aliphatic heterocycles. The van der Waals surface area contributed by atoms with Crippen molar-refractivity contribution in [2.45, 2.75) is 18.7 Å². The maximum Gasteiger partial charge on any atom is 0.0594 e. The van der Waals surface area contributed by atoms with Crippen LogP contribution >= 0.6 is 11.6 Å². The van der Waals surface area contributed by atoms with E-state index in [0.717, 1.165) is 39.3 Å². The van der Waals surface area contributed by atoms with Crippen molar-refractivity contribution in [2.75, 3.05) is 32.8 Å². The fourth-order valence-corrected chi connectivity index (χ4v) is 1.39. The summed E-state index contributed by atoms with van der Waals surface area (Å²) < 4.78 is 5.23. The molecule has 0 aromatic rings. The second-order valence-electron chi connectivity index (χ2n) is 2.92. The number of hydrogen-bond donors (Lipinski definition) is 0. The molecule has 66 valence electrons. The largest absolute Gasteiger partial charge is 0.379 e. The molecule has 1 heterocycles. The van der Waals surface area contributed by atoms with Gasteiger partial charge in [0.25, 0.3) is 0 Å². The third-order valence-corrected chi connectivity index (χ3v) is 2.45. The lowest BCUT2D eigenvalue weighted by Crippen LogP contribution is -2.39. The van der Waals surface area contributed by atoms with E-state index in [0.29, 0.717) is 5.38 Å². The van der Waals surface area contributed by atoms with Crippen LogP contribution in [-0.2, 0) is 4.74 Å². The minimum absolute atomic E-state index is 0.313. The fourth-order valence-electron chi connectivity index (χ4n) is 1.19. The Morgan fingerprint density at radius 3 is 2.64 bits per heavy atom. The Morgan fingerprint density at radius 2 is 2.09 bits per heavy atom. The van der Waals surface area contributed by atoms with Gasteiger partial charge in [0.05, 0.1) is 13.2 Å². The van der Waals surface area contributed by atoms with Crippen LogP contribution < -0.4 is 0 Å². The lowest BCUT2D eigenvalue weighted by Gasteiger charge is -2.27. The molecular formula is C8H16ClNO. The Kier molecular flexibility index (Phi) is 4.20. The van der Waals surface area contributed by atoms with E-state index >= 15 is 0 Å². The van der Waals surface area contributed by atoms with Gasteiger partial charge in [-0.3, -0.25) is 4.90 Å². The van der Waals surface area contributed by atoms with E-state index in [9.17, 15) is 0 Å². The molecule has 0 amide bonds. The van der Waals surface area contributed by atoms with Gasteiger partial charge < -0.3 is 4.74 Å². The van der Waals surface area contributed by atoms with E-state index in [2.05, 4.69) is 11.8 Å². The van der Waals surface area contributed by atoms with Crippen LogP contribution in [0.2, 0.25) is 0 Å². The average Bonchev–Trinajstić information content (AvgIpc) is 2.06. The maximum atomic E-state index is 6.02. The van der Waals surface area contributed by atoms with E-state index in [1.165, 1.54) is 0 Å². The average molecular weight is 178 g/mol.